The number of hydrogen-bond acceptors (Lipinski definition) is 3. The van der Waals surface area contributed by atoms with Crippen molar-refractivity contribution in [3.63, 3.8) is 0 Å². The molecule has 0 bridgehead atoms. The largest absolute Gasteiger partial charge is 0.434 e. The highest BCUT2D eigenvalue weighted by molar-refractivity contribution is 7.13. The summed E-state index contributed by atoms with van der Waals surface area (Å²) >= 11 is 0.760. The molecule has 1 aromatic carbocycles. The van der Waals surface area contributed by atoms with Crippen LogP contribution in [-0.4, -0.2) is 9.97 Å². The first-order valence-corrected chi connectivity index (χ1v) is 6.41. The van der Waals surface area contributed by atoms with Crippen LogP contribution in [0.1, 0.15) is 5.69 Å². The Hall–Kier alpha value is -2.02. The third-order valence-corrected chi connectivity index (χ3v) is 3.60. The number of alkyl halides is 3. The van der Waals surface area contributed by atoms with Crippen molar-refractivity contribution in [2.75, 3.05) is 0 Å². The molecule has 0 saturated heterocycles. The summed E-state index contributed by atoms with van der Waals surface area (Å²) in [4.78, 5) is 7.39. The van der Waals surface area contributed by atoms with Crippen molar-refractivity contribution in [2.24, 2.45) is 0 Å². The lowest BCUT2D eigenvalue weighted by Gasteiger charge is -2.05. The van der Waals surface area contributed by atoms with Gasteiger partial charge in [0.2, 0.25) is 0 Å². The van der Waals surface area contributed by atoms with Gasteiger partial charge < -0.3 is 0 Å². The molecular weight excluding hydrogens is 292 g/mol. The van der Waals surface area contributed by atoms with E-state index in [4.69, 9.17) is 0 Å². The van der Waals surface area contributed by atoms with E-state index in [-0.39, 0.29) is 10.6 Å². The third kappa shape index (κ3) is 2.14. The Morgan fingerprint density at radius 2 is 1.85 bits per heavy atom. The second-order valence-corrected chi connectivity index (χ2v) is 4.89. The fraction of sp³-hybridized carbons (Fsp3) is 0.0769. The predicted molar refractivity (Wildman–Crippen MR) is 67.8 cm³/mol. The van der Waals surface area contributed by atoms with Crippen LogP contribution < -0.4 is 0 Å². The second kappa shape index (κ2) is 4.52. The van der Waals surface area contributed by atoms with Gasteiger partial charge in [-0.3, -0.25) is 4.98 Å². The van der Waals surface area contributed by atoms with E-state index >= 15 is 0 Å². The van der Waals surface area contributed by atoms with Gasteiger partial charge in [-0.1, -0.05) is 18.2 Å². The lowest BCUT2D eigenvalue weighted by molar-refractivity contribution is -0.140. The highest BCUT2D eigenvalue weighted by Crippen LogP contribution is 2.36. The fourth-order valence-electron chi connectivity index (χ4n) is 1.85. The molecule has 0 amide bonds. The van der Waals surface area contributed by atoms with Gasteiger partial charge in [0.05, 0.1) is 17.3 Å². The summed E-state index contributed by atoms with van der Waals surface area (Å²) in [5, 5.41) is 1.31. The topological polar surface area (TPSA) is 25.8 Å². The zero-order chi connectivity index (χ0) is 14.3. The Morgan fingerprint density at radius 1 is 1.10 bits per heavy atom. The average Bonchev–Trinajstić information content (AvgIpc) is 2.88. The molecule has 0 unspecified atom stereocenters. The molecule has 0 aliphatic heterocycles. The lowest BCUT2D eigenvalue weighted by Crippen LogP contribution is -2.05. The maximum Gasteiger partial charge on any atom is 0.434 e. The van der Waals surface area contributed by atoms with Gasteiger partial charge in [0, 0.05) is 10.8 Å². The smallest absolute Gasteiger partial charge is 0.253 e. The van der Waals surface area contributed by atoms with Crippen LogP contribution in [0.2, 0.25) is 0 Å². The molecule has 0 saturated carbocycles. The van der Waals surface area contributed by atoms with Crippen molar-refractivity contribution in [3.8, 4) is 10.6 Å². The standard InChI is InChI=1S/C13H6F4N2S/c14-8-5-18-9-4-2-1-3-7(9)11(8)12-19-10(6-20-12)13(15,16)17/h1-6H. The number of para-hydroxylation sites is 1. The molecule has 0 fully saturated rings. The van der Waals surface area contributed by atoms with E-state index < -0.39 is 17.7 Å². The van der Waals surface area contributed by atoms with E-state index in [2.05, 4.69) is 9.97 Å². The van der Waals surface area contributed by atoms with E-state index in [9.17, 15) is 17.6 Å². The molecule has 0 atom stereocenters. The zero-order valence-corrected chi connectivity index (χ0v) is 10.6. The third-order valence-electron chi connectivity index (χ3n) is 2.74. The molecule has 2 aromatic heterocycles. The molecule has 102 valence electrons. The maximum absolute atomic E-state index is 13.9. The van der Waals surface area contributed by atoms with Crippen LogP contribution in [0.15, 0.2) is 35.8 Å². The summed E-state index contributed by atoms with van der Waals surface area (Å²) in [6.45, 7) is 0. The van der Waals surface area contributed by atoms with Crippen LogP contribution >= 0.6 is 11.3 Å². The predicted octanol–water partition coefficient (Wildman–Crippen LogP) is 4.52. The van der Waals surface area contributed by atoms with E-state index in [1.165, 1.54) is 0 Å². The summed E-state index contributed by atoms with van der Waals surface area (Å²) in [5.41, 5.74) is -0.457. The highest BCUT2D eigenvalue weighted by Gasteiger charge is 2.34. The summed E-state index contributed by atoms with van der Waals surface area (Å²) < 4.78 is 51.6. The van der Waals surface area contributed by atoms with E-state index in [1.807, 2.05) is 0 Å². The Kier molecular flexibility index (Phi) is 2.93. The number of rotatable bonds is 1. The van der Waals surface area contributed by atoms with Crippen molar-refractivity contribution in [3.05, 3.63) is 47.4 Å². The van der Waals surface area contributed by atoms with Crippen LogP contribution in [0.3, 0.4) is 0 Å². The molecule has 20 heavy (non-hydrogen) atoms. The van der Waals surface area contributed by atoms with E-state index in [1.54, 1.807) is 24.3 Å². The van der Waals surface area contributed by atoms with Gasteiger partial charge in [-0.2, -0.15) is 13.2 Å². The van der Waals surface area contributed by atoms with Crippen LogP contribution in [0.25, 0.3) is 21.5 Å². The summed E-state index contributed by atoms with van der Waals surface area (Å²) in [5.74, 6) is -0.688. The van der Waals surface area contributed by atoms with Crippen LogP contribution in [0.5, 0.6) is 0 Å². The Labute approximate surface area is 114 Å². The average molecular weight is 298 g/mol. The van der Waals surface area contributed by atoms with Crippen LogP contribution in [0, 0.1) is 5.82 Å². The molecule has 2 heterocycles. The summed E-state index contributed by atoms with van der Waals surface area (Å²) in [7, 11) is 0. The van der Waals surface area contributed by atoms with Gasteiger partial charge in [0.25, 0.3) is 0 Å². The van der Waals surface area contributed by atoms with E-state index in [0.29, 0.717) is 10.9 Å². The second-order valence-electron chi connectivity index (χ2n) is 4.03. The first kappa shape index (κ1) is 13.0. The number of halogens is 4. The molecular formula is C13H6F4N2S. The van der Waals surface area contributed by atoms with Gasteiger partial charge in [0.1, 0.15) is 5.01 Å². The first-order chi connectivity index (χ1) is 9.47. The number of benzene rings is 1. The SMILES string of the molecule is Fc1cnc2ccccc2c1-c1nc(C(F)(F)F)cs1. The molecule has 0 radical (unpaired) electrons. The minimum absolute atomic E-state index is 0.00609. The number of thiazole rings is 1. The molecule has 0 aliphatic rings. The molecule has 3 aromatic rings. The van der Waals surface area contributed by atoms with Crippen molar-refractivity contribution in [1.29, 1.82) is 0 Å². The van der Waals surface area contributed by atoms with Gasteiger partial charge >= 0.3 is 6.18 Å². The molecule has 7 heteroatoms. The first-order valence-electron chi connectivity index (χ1n) is 5.53. The number of hydrogen-bond donors (Lipinski definition) is 0. The fourth-order valence-corrected chi connectivity index (χ4v) is 2.74. The molecule has 0 spiro atoms. The minimum atomic E-state index is -4.53. The molecule has 0 N–H and O–H groups in total. The lowest BCUT2D eigenvalue weighted by atomic mass is 10.1. The van der Waals surface area contributed by atoms with Crippen molar-refractivity contribution >= 4 is 22.2 Å². The monoisotopic (exact) mass is 298 g/mol. The summed E-state index contributed by atoms with van der Waals surface area (Å²) in [6, 6.07) is 6.66. The highest BCUT2D eigenvalue weighted by atomic mass is 32.1. The van der Waals surface area contributed by atoms with Gasteiger partial charge in [-0.05, 0) is 6.07 Å². The Bertz CT molecular complexity index is 779. The van der Waals surface area contributed by atoms with Crippen molar-refractivity contribution in [1.82, 2.24) is 9.97 Å². The zero-order valence-electron chi connectivity index (χ0n) is 9.78. The number of pyridine rings is 1. The minimum Gasteiger partial charge on any atom is -0.253 e. The normalized spacial score (nSPS) is 12.0. The van der Waals surface area contributed by atoms with Crippen LogP contribution in [0.4, 0.5) is 17.6 Å². The molecule has 3 rings (SSSR count). The number of nitrogens with zero attached hydrogens (tertiary/aromatic N) is 2. The maximum atomic E-state index is 13.9. The van der Waals surface area contributed by atoms with Gasteiger partial charge in [-0.15, -0.1) is 11.3 Å². The number of fused-ring (bicyclic) bond motifs is 1. The number of aromatic nitrogens is 2. The Morgan fingerprint density at radius 3 is 2.55 bits per heavy atom. The Balaban J connectivity index is 2.24. The van der Waals surface area contributed by atoms with Crippen molar-refractivity contribution < 1.29 is 17.6 Å². The van der Waals surface area contributed by atoms with Gasteiger partial charge in [0.15, 0.2) is 11.5 Å². The van der Waals surface area contributed by atoms with Crippen molar-refractivity contribution in [2.45, 2.75) is 6.18 Å². The summed E-state index contributed by atoms with van der Waals surface area (Å²) in [6.07, 6.45) is -3.54. The molecule has 0 aliphatic carbocycles. The van der Waals surface area contributed by atoms with E-state index in [0.717, 1.165) is 22.9 Å². The molecule has 2 nitrogen and oxygen atoms in total. The quantitative estimate of drug-likeness (QED) is 0.617. The van der Waals surface area contributed by atoms with Crippen LogP contribution in [-0.2, 0) is 6.18 Å². The van der Waals surface area contributed by atoms with Gasteiger partial charge in [-0.25, -0.2) is 9.37 Å².